The summed E-state index contributed by atoms with van der Waals surface area (Å²) in [6.45, 7) is 0.0145. The van der Waals surface area contributed by atoms with Gasteiger partial charge in [-0.2, -0.15) is 0 Å². The number of benzene rings is 5. The molecule has 14 heteroatoms. The summed E-state index contributed by atoms with van der Waals surface area (Å²) in [4.78, 5) is 94.8. The van der Waals surface area contributed by atoms with Gasteiger partial charge in [-0.15, -0.1) is 0 Å². The lowest BCUT2D eigenvalue weighted by Crippen LogP contribution is -2.59. The number of hydrogen-bond acceptors (Lipinski definition) is 7. The van der Waals surface area contributed by atoms with Crippen LogP contribution in [0, 0.1) is 0 Å². The minimum absolute atomic E-state index is 0.00733. The SMILES string of the molecule is O=C(O)CCCNC(=O)C1Cc2ccc(cc2)C(=O)NCCC(=O)NC(CCc2ccccc2)C(=O)NC(Cc2ccc(-c3ccccc3)cc2)C(=O)NC(Cc2ccccc2)C(=O)N1. The first-order chi connectivity index (χ1) is 31.5. The van der Waals surface area contributed by atoms with Gasteiger partial charge < -0.3 is 37.0 Å². The molecule has 4 atom stereocenters. The Morgan fingerprint density at radius 1 is 0.569 bits per heavy atom. The summed E-state index contributed by atoms with van der Waals surface area (Å²) < 4.78 is 0. The van der Waals surface area contributed by atoms with E-state index in [9.17, 15) is 33.6 Å². The highest BCUT2D eigenvalue weighted by Gasteiger charge is 2.32. The lowest BCUT2D eigenvalue weighted by molar-refractivity contribution is -0.137. The number of carbonyl (C=O) groups is 7. The molecule has 2 aliphatic heterocycles. The van der Waals surface area contributed by atoms with Crippen LogP contribution in [0.5, 0.6) is 0 Å². The summed E-state index contributed by atoms with van der Waals surface area (Å²) in [6.07, 6.45) is 0.526. The van der Waals surface area contributed by atoms with Crippen LogP contribution in [0.15, 0.2) is 140 Å². The third kappa shape index (κ3) is 14.7. The van der Waals surface area contributed by atoms with Gasteiger partial charge in [-0.3, -0.25) is 33.6 Å². The van der Waals surface area contributed by atoms with Crippen molar-refractivity contribution in [2.75, 3.05) is 13.1 Å². The number of rotatable bonds is 13. The topological polar surface area (TPSA) is 212 Å². The molecule has 336 valence electrons. The van der Waals surface area contributed by atoms with Crippen LogP contribution in [0.4, 0.5) is 0 Å². The van der Waals surface area contributed by atoms with Crippen molar-refractivity contribution in [3.8, 4) is 11.1 Å². The molecule has 2 bridgehead atoms. The Morgan fingerprint density at radius 3 is 1.71 bits per heavy atom. The number of aliphatic carboxylic acids is 1. The molecule has 0 radical (unpaired) electrons. The van der Waals surface area contributed by atoms with E-state index in [2.05, 4.69) is 31.9 Å². The van der Waals surface area contributed by atoms with Crippen LogP contribution in [0.2, 0.25) is 0 Å². The van der Waals surface area contributed by atoms with Crippen molar-refractivity contribution in [2.45, 2.75) is 75.5 Å². The second-order valence-electron chi connectivity index (χ2n) is 16.0. The minimum Gasteiger partial charge on any atom is -0.481 e. The molecule has 0 aromatic heterocycles. The van der Waals surface area contributed by atoms with Crippen LogP contribution in [0.25, 0.3) is 11.1 Å². The van der Waals surface area contributed by atoms with Gasteiger partial charge in [0.2, 0.25) is 29.5 Å². The minimum atomic E-state index is -1.24. The van der Waals surface area contributed by atoms with E-state index in [4.69, 9.17) is 5.11 Å². The average molecular weight is 879 g/mol. The Kier molecular flexibility index (Phi) is 17.1. The quantitative estimate of drug-likeness (QED) is 0.0676. The van der Waals surface area contributed by atoms with Gasteiger partial charge in [0.15, 0.2) is 0 Å². The maximum absolute atomic E-state index is 14.7. The summed E-state index contributed by atoms with van der Waals surface area (Å²) in [5, 5.41) is 26.0. The van der Waals surface area contributed by atoms with Gasteiger partial charge in [-0.05, 0) is 64.8 Å². The number of carboxylic acid groups (broad SMARTS) is 1. The molecule has 0 saturated carbocycles. The maximum atomic E-state index is 14.7. The van der Waals surface area contributed by atoms with E-state index in [1.807, 2.05) is 91.0 Å². The molecule has 5 aromatic rings. The number of aryl methyl sites for hydroxylation is 1. The number of hydrogen-bond donors (Lipinski definition) is 7. The molecule has 7 rings (SSSR count). The second kappa shape index (κ2) is 23.7. The predicted molar refractivity (Wildman–Crippen MR) is 245 cm³/mol. The first-order valence-electron chi connectivity index (χ1n) is 21.8. The van der Waals surface area contributed by atoms with Crippen molar-refractivity contribution in [1.82, 2.24) is 31.9 Å². The molecule has 2 aliphatic rings. The highest BCUT2D eigenvalue weighted by atomic mass is 16.4. The Balaban J connectivity index is 1.34. The normalized spacial score (nSPS) is 18.7. The van der Waals surface area contributed by atoms with Gasteiger partial charge in [-0.1, -0.05) is 127 Å². The predicted octanol–water partition coefficient (Wildman–Crippen LogP) is 4.07. The van der Waals surface area contributed by atoms with Crippen molar-refractivity contribution in [3.63, 3.8) is 0 Å². The third-order valence-corrected chi connectivity index (χ3v) is 11.1. The fourth-order valence-electron chi connectivity index (χ4n) is 7.48. The lowest BCUT2D eigenvalue weighted by Gasteiger charge is -2.27. The van der Waals surface area contributed by atoms with Crippen molar-refractivity contribution in [2.24, 2.45) is 0 Å². The highest BCUT2D eigenvalue weighted by molar-refractivity contribution is 5.97. The standard InChI is InChI=1S/C51H54N6O8/c58-45-28-30-53-47(61)40-25-20-37(21-26-40)32-42(48(62)52-29-10-17-46(59)60)55-50(64)43(31-35-13-6-2-7-14-35)57-51(65)44(33-36-18-23-39(24-19-36)38-15-8-3-9-16-38)56-49(63)41(54-45)27-22-34-11-4-1-5-12-34/h1-9,11-16,18-21,23-26,41-44H,10,17,22,27-33H2,(H,52,62)(H,53,61)(H,54,58)(H,55,64)(H,56,63)(H,57,65)(H,59,60). The molecular formula is C51H54N6O8. The summed E-state index contributed by atoms with van der Waals surface area (Å²) in [7, 11) is 0. The van der Waals surface area contributed by atoms with E-state index in [0.717, 1.165) is 16.7 Å². The number of carboxylic acids is 1. The van der Waals surface area contributed by atoms with E-state index in [-0.39, 0.29) is 58.0 Å². The van der Waals surface area contributed by atoms with Crippen molar-refractivity contribution in [1.29, 1.82) is 0 Å². The Bertz CT molecular complexity index is 2400. The molecule has 0 aliphatic carbocycles. The van der Waals surface area contributed by atoms with Crippen LogP contribution in [0.3, 0.4) is 0 Å². The van der Waals surface area contributed by atoms with Gasteiger partial charge in [0.1, 0.15) is 24.2 Å². The largest absolute Gasteiger partial charge is 0.481 e. The molecule has 6 amide bonds. The zero-order valence-corrected chi connectivity index (χ0v) is 36.0. The highest BCUT2D eigenvalue weighted by Crippen LogP contribution is 2.20. The van der Waals surface area contributed by atoms with Crippen LogP contribution < -0.4 is 31.9 Å². The summed E-state index contributed by atoms with van der Waals surface area (Å²) in [5.74, 6) is -4.48. The van der Waals surface area contributed by atoms with Crippen LogP contribution in [0.1, 0.15) is 58.3 Å². The molecular weight excluding hydrogens is 825 g/mol. The first kappa shape index (κ1) is 46.9. The fourth-order valence-corrected chi connectivity index (χ4v) is 7.48. The number of amides is 6. The Morgan fingerprint density at radius 2 is 1.09 bits per heavy atom. The second-order valence-corrected chi connectivity index (χ2v) is 16.0. The smallest absolute Gasteiger partial charge is 0.303 e. The van der Waals surface area contributed by atoms with Crippen molar-refractivity contribution in [3.05, 3.63) is 167 Å². The third-order valence-electron chi connectivity index (χ3n) is 11.1. The molecule has 14 nitrogen and oxygen atoms in total. The number of carbonyl (C=O) groups excluding carboxylic acids is 6. The fraction of sp³-hybridized carbons (Fsp3) is 0.275. The van der Waals surface area contributed by atoms with Crippen LogP contribution in [-0.4, -0.2) is 83.8 Å². The summed E-state index contributed by atoms with van der Waals surface area (Å²) >= 11 is 0. The van der Waals surface area contributed by atoms with Crippen LogP contribution in [-0.2, 0) is 54.5 Å². The molecule has 0 spiro atoms. The van der Waals surface area contributed by atoms with Crippen molar-refractivity contribution < 1.29 is 38.7 Å². The van der Waals surface area contributed by atoms with E-state index < -0.39 is 65.6 Å². The van der Waals surface area contributed by atoms with E-state index >= 15 is 0 Å². The summed E-state index contributed by atoms with van der Waals surface area (Å²) in [5.41, 5.74) is 5.21. The molecule has 2 heterocycles. The van der Waals surface area contributed by atoms with Gasteiger partial charge in [-0.25, -0.2) is 0 Å². The van der Waals surface area contributed by atoms with Gasteiger partial charge >= 0.3 is 5.97 Å². The molecule has 4 unspecified atom stereocenters. The Labute approximate surface area is 378 Å². The van der Waals surface area contributed by atoms with E-state index in [1.165, 1.54) is 0 Å². The number of fused-ring (bicyclic) bond motifs is 18. The molecule has 0 saturated heterocycles. The lowest BCUT2D eigenvalue weighted by atomic mass is 9.98. The number of nitrogens with one attached hydrogen (secondary N) is 6. The first-order valence-corrected chi connectivity index (χ1v) is 21.8. The zero-order valence-electron chi connectivity index (χ0n) is 36.0. The molecule has 5 aromatic carbocycles. The van der Waals surface area contributed by atoms with E-state index in [0.29, 0.717) is 28.7 Å². The van der Waals surface area contributed by atoms with Gasteiger partial charge in [0, 0.05) is 50.8 Å². The maximum Gasteiger partial charge on any atom is 0.303 e. The Hall–Kier alpha value is -7.61. The van der Waals surface area contributed by atoms with Gasteiger partial charge in [0.25, 0.3) is 5.91 Å². The zero-order chi connectivity index (χ0) is 46.0. The monoisotopic (exact) mass is 878 g/mol. The van der Waals surface area contributed by atoms with Gasteiger partial charge in [0.05, 0.1) is 0 Å². The van der Waals surface area contributed by atoms with Crippen molar-refractivity contribution >= 4 is 41.4 Å². The van der Waals surface area contributed by atoms with Crippen LogP contribution >= 0.6 is 0 Å². The molecule has 7 N–H and O–H groups in total. The molecule has 0 fully saturated rings. The van der Waals surface area contributed by atoms with E-state index in [1.54, 1.807) is 48.5 Å². The summed E-state index contributed by atoms with van der Waals surface area (Å²) in [6, 6.07) is 37.5. The molecule has 65 heavy (non-hydrogen) atoms. The average Bonchev–Trinajstić information content (AvgIpc) is 3.32.